The van der Waals surface area contributed by atoms with Gasteiger partial charge in [-0.2, -0.15) is 0 Å². The molecule has 2 amide bonds. The average Bonchev–Trinajstić information content (AvgIpc) is 2.83. The van der Waals surface area contributed by atoms with Crippen LogP contribution in [0.25, 0.3) is 0 Å². The number of carbonyl (C=O) groups excluding carboxylic acids is 3. The van der Waals surface area contributed by atoms with Crippen molar-refractivity contribution >= 4 is 46.6 Å². The van der Waals surface area contributed by atoms with E-state index in [2.05, 4.69) is 10.6 Å². The highest BCUT2D eigenvalue weighted by Gasteiger charge is 2.14. The van der Waals surface area contributed by atoms with Gasteiger partial charge in [0.25, 0.3) is 11.6 Å². The highest BCUT2D eigenvalue weighted by atomic mass is 32.2. The molecular weight excluding hydrogens is 446 g/mol. The number of rotatable bonds is 8. The normalized spacial score (nSPS) is 10.2. The van der Waals surface area contributed by atoms with Gasteiger partial charge in [0.1, 0.15) is 0 Å². The summed E-state index contributed by atoms with van der Waals surface area (Å²) in [5.41, 5.74) is 1.39. The minimum atomic E-state index is -0.537. The van der Waals surface area contributed by atoms with E-state index < -0.39 is 16.8 Å². The molecule has 0 atom stereocenters. The third-order valence-electron chi connectivity index (χ3n) is 4.43. The Hall–Kier alpha value is -4.18. The number of ether oxygens (including phenoxy) is 1. The molecule has 10 heteroatoms. The predicted octanol–water partition coefficient (Wildman–Crippen LogP) is 4.36. The molecule has 9 nitrogen and oxygen atoms in total. The third kappa shape index (κ3) is 6.40. The van der Waals surface area contributed by atoms with Gasteiger partial charge in [-0.05, 0) is 48.5 Å². The summed E-state index contributed by atoms with van der Waals surface area (Å²) in [6.07, 6.45) is 0. The largest absolute Gasteiger partial charge is 0.465 e. The van der Waals surface area contributed by atoms with Gasteiger partial charge in [-0.1, -0.05) is 12.1 Å². The first-order valence-electron chi connectivity index (χ1n) is 9.63. The lowest BCUT2D eigenvalue weighted by molar-refractivity contribution is -0.384. The van der Waals surface area contributed by atoms with Crippen LogP contribution in [-0.4, -0.2) is 35.6 Å². The minimum Gasteiger partial charge on any atom is -0.465 e. The van der Waals surface area contributed by atoms with Gasteiger partial charge in [0, 0.05) is 28.3 Å². The molecule has 2 N–H and O–H groups in total. The highest BCUT2D eigenvalue weighted by molar-refractivity contribution is 8.00. The van der Waals surface area contributed by atoms with Crippen molar-refractivity contribution in [3.63, 3.8) is 0 Å². The van der Waals surface area contributed by atoms with Crippen LogP contribution in [0.3, 0.4) is 0 Å². The zero-order chi connectivity index (χ0) is 23.8. The Morgan fingerprint density at radius 3 is 2.24 bits per heavy atom. The summed E-state index contributed by atoms with van der Waals surface area (Å²) in [6, 6.07) is 18.8. The number of nitro benzene ring substituents is 1. The molecule has 0 radical (unpaired) electrons. The summed E-state index contributed by atoms with van der Waals surface area (Å²) >= 11 is 1.29. The number of para-hydroxylation sites is 1. The van der Waals surface area contributed by atoms with Crippen molar-refractivity contribution in [1.29, 1.82) is 0 Å². The number of non-ortho nitro benzene ring substituents is 1. The third-order valence-corrected chi connectivity index (χ3v) is 5.44. The molecule has 0 unspecified atom stereocenters. The molecule has 0 aliphatic rings. The fraction of sp³-hybridized carbons (Fsp3) is 0.0870. The van der Waals surface area contributed by atoms with E-state index in [0.717, 1.165) is 4.90 Å². The van der Waals surface area contributed by atoms with E-state index in [9.17, 15) is 24.5 Å². The molecular formula is C23H19N3O6S. The summed E-state index contributed by atoms with van der Waals surface area (Å²) in [5.74, 6) is -1.10. The standard InChI is InChI=1S/C23H19N3O6S/c1-32-23(29)19-4-2-3-5-20(19)25-21(27)14-33-18-12-8-16(9-13-18)24-22(28)15-6-10-17(11-7-15)26(30)31/h2-13H,14H2,1H3,(H,24,28)(H,25,27). The first kappa shape index (κ1) is 23.5. The van der Waals surface area contributed by atoms with E-state index in [1.807, 2.05) is 0 Å². The van der Waals surface area contributed by atoms with Crippen molar-refractivity contribution in [2.24, 2.45) is 0 Å². The van der Waals surface area contributed by atoms with Crippen molar-refractivity contribution < 1.29 is 24.0 Å². The number of nitro groups is 1. The Labute approximate surface area is 193 Å². The number of methoxy groups -OCH3 is 1. The molecule has 33 heavy (non-hydrogen) atoms. The molecule has 3 rings (SSSR count). The highest BCUT2D eigenvalue weighted by Crippen LogP contribution is 2.22. The molecule has 3 aromatic rings. The number of amides is 2. The van der Waals surface area contributed by atoms with E-state index in [-0.39, 0.29) is 22.9 Å². The van der Waals surface area contributed by atoms with Crippen LogP contribution >= 0.6 is 11.8 Å². The quantitative estimate of drug-likeness (QED) is 0.219. The molecule has 0 spiro atoms. The van der Waals surface area contributed by atoms with Gasteiger partial charge in [0.05, 0.1) is 29.0 Å². The maximum Gasteiger partial charge on any atom is 0.339 e. The monoisotopic (exact) mass is 465 g/mol. The second-order valence-electron chi connectivity index (χ2n) is 6.66. The first-order chi connectivity index (χ1) is 15.9. The Morgan fingerprint density at radius 2 is 1.61 bits per heavy atom. The van der Waals surface area contributed by atoms with Crippen LogP contribution in [-0.2, 0) is 9.53 Å². The lowest BCUT2D eigenvalue weighted by Gasteiger charge is -2.10. The summed E-state index contributed by atoms with van der Waals surface area (Å²) in [4.78, 5) is 47.4. The molecule has 3 aromatic carbocycles. The predicted molar refractivity (Wildman–Crippen MR) is 125 cm³/mol. The summed E-state index contributed by atoms with van der Waals surface area (Å²) in [5, 5.41) is 16.1. The SMILES string of the molecule is COC(=O)c1ccccc1NC(=O)CSc1ccc(NC(=O)c2ccc([N+](=O)[O-])cc2)cc1. The van der Waals surface area contributed by atoms with Gasteiger partial charge in [0.15, 0.2) is 0 Å². The summed E-state index contributed by atoms with van der Waals surface area (Å²) in [6.45, 7) is 0. The van der Waals surface area contributed by atoms with E-state index in [4.69, 9.17) is 4.74 Å². The van der Waals surface area contributed by atoms with Gasteiger partial charge in [-0.25, -0.2) is 4.79 Å². The van der Waals surface area contributed by atoms with Gasteiger partial charge in [0.2, 0.25) is 5.91 Å². The lowest BCUT2D eigenvalue weighted by Crippen LogP contribution is -2.17. The second kappa shape index (κ2) is 10.9. The number of nitrogens with zero attached hydrogens (tertiary/aromatic N) is 1. The van der Waals surface area contributed by atoms with Crippen molar-refractivity contribution in [2.45, 2.75) is 4.90 Å². The van der Waals surface area contributed by atoms with Gasteiger partial charge in [-0.3, -0.25) is 19.7 Å². The Bertz CT molecular complexity index is 1180. The Kier molecular flexibility index (Phi) is 7.77. The fourth-order valence-electron chi connectivity index (χ4n) is 2.79. The molecule has 168 valence electrons. The number of anilines is 2. The summed E-state index contributed by atoms with van der Waals surface area (Å²) < 4.78 is 4.72. The molecule has 0 aliphatic carbocycles. The van der Waals surface area contributed by atoms with E-state index in [1.165, 1.54) is 43.1 Å². The van der Waals surface area contributed by atoms with Crippen LogP contribution in [0, 0.1) is 10.1 Å². The second-order valence-corrected chi connectivity index (χ2v) is 7.71. The van der Waals surface area contributed by atoms with E-state index in [1.54, 1.807) is 48.5 Å². The van der Waals surface area contributed by atoms with Gasteiger partial charge < -0.3 is 15.4 Å². The van der Waals surface area contributed by atoms with E-state index in [0.29, 0.717) is 16.9 Å². The Balaban J connectivity index is 1.53. The van der Waals surface area contributed by atoms with Crippen LogP contribution in [0.15, 0.2) is 77.7 Å². The molecule has 0 saturated carbocycles. The maximum atomic E-state index is 12.3. The van der Waals surface area contributed by atoms with Crippen LogP contribution in [0.2, 0.25) is 0 Å². The molecule has 0 aliphatic heterocycles. The van der Waals surface area contributed by atoms with Crippen LogP contribution in [0.1, 0.15) is 20.7 Å². The molecule has 0 aromatic heterocycles. The number of hydrogen-bond donors (Lipinski definition) is 2. The lowest BCUT2D eigenvalue weighted by atomic mass is 10.2. The zero-order valence-electron chi connectivity index (χ0n) is 17.4. The number of benzene rings is 3. The van der Waals surface area contributed by atoms with Crippen molar-refractivity contribution in [1.82, 2.24) is 0 Å². The van der Waals surface area contributed by atoms with E-state index >= 15 is 0 Å². The van der Waals surface area contributed by atoms with Crippen molar-refractivity contribution in [3.05, 3.63) is 94.0 Å². The van der Waals surface area contributed by atoms with Gasteiger partial charge >= 0.3 is 5.97 Å². The zero-order valence-corrected chi connectivity index (χ0v) is 18.3. The number of nitrogens with one attached hydrogen (secondary N) is 2. The fourth-order valence-corrected chi connectivity index (χ4v) is 3.49. The number of thioether (sulfide) groups is 1. The van der Waals surface area contributed by atoms with Crippen LogP contribution in [0.5, 0.6) is 0 Å². The molecule has 0 fully saturated rings. The van der Waals surface area contributed by atoms with Gasteiger partial charge in [-0.15, -0.1) is 11.8 Å². The van der Waals surface area contributed by atoms with Crippen LogP contribution < -0.4 is 10.6 Å². The molecule has 0 heterocycles. The van der Waals surface area contributed by atoms with Crippen LogP contribution in [0.4, 0.5) is 17.1 Å². The van der Waals surface area contributed by atoms with Crippen molar-refractivity contribution in [3.8, 4) is 0 Å². The van der Waals surface area contributed by atoms with Crippen molar-refractivity contribution in [2.75, 3.05) is 23.5 Å². The average molecular weight is 465 g/mol. The number of esters is 1. The summed E-state index contributed by atoms with van der Waals surface area (Å²) in [7, 11) is 1.27. The minimum absolute atomic E-state index is 0.0919. The molecule has 0 bridgehead atoms. The number of hydrogen-bond acceptors (Lipinski definition) is 7. The number of carbonyl (C=O) groups is 3. The Morgan fingerprint density at radius 1 is 0.939 bits per heavy atom. The maximum absolute atomic E-state index is 12.3. The topological polar surface area (TPSA) is 128 Å². The molecule has 0 saturated heterocycles. The smallest absolute Gasteiger partial charge is 0.339 e. The first-order valence-corrected chi connectivity index (χ1v) is 10.6.